The molecule has 2 heterocycles. The van der Waals surface area contributed by atoms with Gasteiger partial charge in [0.1, 0.15) is 0 Å². The average Bonchev–Trinajstić information content (AvgIpc) is 2.82. The maximum Gasteiger partial charge on any atom is 0.287 e. The van der Waals surface area contributed by atoms with Crippen molar-refractivity contribution in [1.29, 1.82) is 0 Å². The third-order valence-electron chi connectivity index (χ3n) is 3.32. The SMILES string of the molecule is O=C(NCC1(c2ccsc2)CC1)c1ccco1. The topological polar surface area (TPSA) is 42.2 Å². The molecule has 88 valence electrons. The molecule has 0 unspecified atom stereocenters. The Hall–Kier alpha value is -1.55. The van der Waals surface area contributed by atoms with Gasteiger partial charge in [0, 0.05) is 12.0 Å². The second kappa shape index (κ2) is 4.04. The van der Waals surface area contributed by atoms with Gasteiger partial charge in [-0.3, -0.25) is 4.79 Å². The second-order valence-corrected chi connectivity index (χ2v) is 5.23. The van der Waals surface area contributed by atoms with Gasteiger partial charge in [-0.25, -0.2) is 0 Å². The summed E-state index contributed by atoms with van der Waals surface area (Å²) in [6.07, 6.45) is 3.82. The molecule has 1 amide bonds. The molecule has 1 aliphatic rings. The Morgan fingerprint density at radius 2 is 2.35 bits per heavy atom. The van der Waals surface area contributed by atoms with Crippen molar-refractivity contribution in [2.24, 2.45) is 0 Å². The molecule has 3 rings (SSSR count). The number of hydrogen-bond acceptors (Lipinski definition) is 3. The molecule has 1 N–H and O–H groups in total. The molecule has 4 heteroatoms. The van der Waals surface area contributed by atoms with E-state index in [9.17, 15) is 4.79 Å². The molecule has 2 aromatic rings. The van der Waals surface area contributed by atoms with E-state index in [2.05, 4.69) is 22.1 Å². The quantitative estimate of drug-likeness (QED) is 0.902. The zero-order valence-electron chi connectivity index (χ0n) is 9.31. The zero-order chi connectivity index (χ0) is 11.7. The molecule has 1 aliphatic carbocycles. The summed E-state index contributed by atoms with van der Waals surface area (Å²) in [4.78, 5) is 11.7. The van der Waals surface area contributed by atoms with Gasteiger partial charge in [0.2, 0.25) is 0 Å². The molecular formula is C13H13NO2S. The van der Waals surface area contributed by atoms with Crippen LogP contribution < -0.4 is 5.32 Å². The van der Waals surface area contributed by atoms with Gasteiger partial charge in [-0.05, 0) is 47.4 Å². The Morgan fingerprint density at radius 1 is 1.47 bits per heavy atom. The van der Waals surface area contributed by atoms with Crippen LogP contribution in [0.3, 0.4) is 0 Å². The molecule has 17 heavy (non-hydrogen) atoms. The van der Waals surface area contributed by atoms with Crippen molar-refractivity contribution in [2.45, 2.75) is 18.3 Å². The van der Waals surface area contributed by atoms with Crippen LogP contribution in [0, 0.1) is 0 Å². The van der Waals surface area contributed by atoms with Gasteiger partial charge >= 0.3 is 0 Å². The second-order valence-electron chi connectivity index (χ2n) is 4.45. The maximum atomic E-state index is 11.7. The lowest BCUT2D eigenvalue weighted by Gasteiger charge is -2.13. The maximum absolute atomic E-state index is 11.7. The van der Waals surface area contributed by atoms with E-state index >= 15 is 0 Å². The van der Waals surface area contributed by atoms with Crippen LogP contribution in [0.5, 0.6) is 0 Å². The standard InChI is InChI=1S/C13H13NO2S/c15-12(11-2-1-6-16-11)14-9-13(4-5-13)10-3-7-17-8-10/h1-3,6-8H,4-5,9H2,(H,14,15). The molecule has 0 radical (unpaired) electrons. The van der Waals surface area contributed by atoms with E-state index < -0.39 is 0 Å². The van der Waals surface area contributed by atoms with Crippen LogP contribution in [0.25, 0.3) is 0 Å². The number of thiophene rings is 1. The van der Waals surface area contributed by atoms with E-state index in [1.807, 2.05) is 0 Å². The van der Waals surface area contributed by atoms with Crippen molar-refractivity contribution in [3.63, 3.8) is 0 Å². The minimum absolute atomic E-state index is 0.128. The lowest BCUT2D eigenvalue weighted by atomic mass is 9.99. The summed E-state index contributed by atoms with van der Waals surface area (Å²) in [5, 5.41) is 7.21. The highest BCUT2D eigenvalue weighted by Gasteiger charge is 2.44. The van der Waals surface area contributed by atoms with E-state index in [1.54, 1.807) is 23.5 Å². The minimum atomic E-state index is -0.128. The number of carbonyl (C=O) groups excluding carboxylic acids is 1. The number of carbonyl (C=O) groups is 1. The molecule has 0 spiro atoms. The summed E-state index contributed by atoms with van der Waals surface area (Å²) in [7, 11) is 0. The average molecular weight is 247 g/mol. The van der Waals surface area contributed by atoms with Crippen LogP contribution in [0.15, 0.2) is 39.6 Å². The molecule has 2 aromatic heterocycles. The van der Waals surface area contributed by atoms with Crippen molar-refractivity contribution in [3.8, 4) is 0 Å². The van der Waals surface area contributed by atoms with Crippen molar-refractivity contribution in [2.75, 3.05) is 6.54 Å². The number of nitrogens with one attached hydrogen (secondary N) is 1. The van der Waals surface area contributed by atoms with Crippen molar-refractivity contribution in [3.05, 3.63) is 46.5 Å². The van der Waals surface area contributed by atoms with Crippen LogP contribution >= 0.6 is 11.3 Å². The highest BCUT2D eigenvalue weighted by Crippen LogP contribution is 2.48. The Balaban J connectivity index is 1.64. The van der Waals surface area contributed by atoms with E-state index in [-0.39, 0.29) is 11.3 Å². The van der Waals surface area contributed by atoms with Crippen LogP contribution in [-0.4, -0.2) is 12.5 Å². The zero-order valence-corrected chi connectivity index (χ0v) is 10.1. The van der Waals surface area contributed by atoms with Crippen LogP contribution in [0.2, 0.25) is 0 Å². The summed E-state index contributed by atoms with van der Waals surface area (Å²) in [5.74, 6) is 0.252. The van der Waals surface area contributed by atoms with Crippen LogP contribution in [0.1, 0.15) is 29.0 Å². The van der Waals surface area contributed by atoms with E-state index in [4.69, 9.17) is 4.42 Å². The van der Waals surface area contributed by atoms with E-state index in [1.165, 1.54) is 11.8 Å². The van der Waals surface area contributed by atoms with E-state index in [0.29, 0.717) is 12.3 Å². The smallest absolute Gasteiger partial charge is 0.287 e. The molecule has 0 bridgehead atoms. The summed E-state index contributed by atoms with van der Waals surface area (Å²) < 4.78 is 5.06. The lowest BCUT2D eigenvalue weighted by molar-refractivity contribution is 0.0922. The van der Waals surface area contributed by atoms with Crippen LogP contribution in [0.4, 0.5) is 0 Å². The highest BCUT2D eigenvalue weighted by atomic mass is 32.1. The van der Waals surface area contributed by atoms with E-state index in [0.717, 1.165) is 12.8 Å². The van der Waals surface area contributed by atoms with Gasteiger partial charge < -0.3 is 9.73 Å². The Morgan fingerprint density at radius 3 is 2.94 bits per heavy atom. The first-order valence-corrected chi connectivity index (χ1v) is 6.59. The van der Waals surface area contributed by atoms with Gasteiger partial charge in [-0.15, -0.1) is 0 Å². The number of hydrogen-bond donors (Lipinski definition) is 1. The third-order valence-corrected chi connectivity index (χ3v) is 4.00. The normalized spacial score (nSPS) is 16.7. The Labute approximate surface area is 103 Å². The Kier molecular flexibility index (Phi) is 2.52. The predicted molar refractivity (Wildman–Crippen MR) is 66.3 cm³/mol. The van der Waals surface area contributed by atoms with Gasteiger partial charge in [0.25, 0.3) is 5.91 Å². The fraction of sp³-hybridized carbons (Fsp3) is 0.308. The van der Waals surface area contributed by atoms with Gasteiger partial charge in [0.05, 0.1) is 6.26 Å². The molecule has 3 nitrogen and oxygen atoms in total. The van der Waals surface area contributed by atoms with Crippen molar-refractivity contribution in [1.82, 2.24) is 5.32 Å². The van der Waals surface area contributed by atoms with Crippen molar-refractivity contribution >= 4 is 17.2 Å². The Bertz CT molecular complexity index is 498. The number of rotatable bonds is 4. The summed E-state index contributed by atoms with van der Waals surface area (Å²) >= 11 is 1.71. The predicted octanol–water partition coefficient (Wildman–Crippen LogP) is 2.80. The van der Waals surface area contributed by atoms with Gasteiger partial charge in [0.15, 0.2) is 5.76 Å². The molecule has 0 saturated heterocycles. The first-order chi connectivity index (χ1) is 8.30. The highest BCUT2D eigenvalue weighted by molar-refractivity contribution is 7.08. The van der Waals surface area contributed by atoms with Gasteiger partial charge in [-0.2, -0.15) is 11.3 Å². The lowest BCUT2D eigenvalue weighted by Crippen LogP contribution is -2.31. The molecule has 0 atom stereocenters. The first kappa shape index (κ1) is 10.6. The fourth-order valence-corrected chi connectivity index (χ4v) is 2.81. The first-order valence-electron chi connectivity index (χ1n) is 5.65. The molecule has 0 aromatic carbocycles. The van der Waals surface area contributed by atoms with Crippen LogP contribution in [-0.2, 0) is 5.41 Å². The third kappa shape index (κ3) is 2.00. The summed E-state index contributed by atoms with van der Waals surface area (Å²) in [6, 6.07) is 5.55. The minimum Gasteiger partial charge on any atom is -0.459 e. The molecule has 1 fully saturated rings. The molecule has 0 aliphatic heterocycles. The van der Waals surface area contributed by atoms with Crippen molar-refractivity contribution < 1.29 is 9.21 Å². The largest absolute Gasteiger partial charge is 0.459 e. The molecular weight excluding hydrogens is 234 g/mol. The number of amides is 1. The monoisotopic (exact) mass is 247 g/mol. The fourth-order valence-electron chi connectivity index (χ4n) is 2.03. The summed E-state index contributed by atoms with van der Waals surface area (Å²) in [5.41, 5.74) is 1.53. The molecule has 1 saturated carbocycles. The van der Waals surface area contributed by atoms with Gasteiger partial charge in [-0.1, -0.05) is 0 Å². The number of furan rings is 1. The summed E-state index contributed by atoms with van der Waals surface area (Å²) in [6.45, 7) is 0.698.